The largest absolute Gasteiger partial charge is 0.319 e. The van der Waals surface area contributed by atoms with Crippen molar-refractivity contribution in [2.24, 2.45) is 0 Å². The molecule has 0 saturated carbocycles. The summed E-state index contributed by atoms with van der Waals surface area (Å²) >= 11 is 1.01. The minimum Gasteiger partial charge on any atom is -0.319 e. The molecule has 0 spiro atoms. The molecule has 1 rings (SSSR count). The summed E-state index contributed by atoms with van der Waals surface area (Å²) < 4.78 is 25.1. The second-order valence-electron chi connectivity index (χ2n) is 2.92. The topological polar surface area (TPSA) is 91.1 Å². The Morgan fingerprint density at radius 1 is 1.53 bits per heavy atom. The van der Waals surface area contributed by atoms with E-state index < -0.39 is 10.0 Å². The Kier molecular flexibility index (Phi) is 4.45. The lowest BCUT2D eigenvalue weighted by atomic mass is 10.5. The van der Waals surface area contributed by atoms with Crippen LogP contribution in [0.5, 0.6) is 0 Å². The third-order valence-corrected chi connectivity index (χ3v) is 3.72. The first kappa shape index (κ1) is 12.4. The Balaban J connectivity index is 2.46. The zero-order chi connectivity index (χ0) is 11.3. The fourth-order valence-corrected chi connectivity index (χ4v) is 2.47. The van der Waals surface area contributed by atoms with Gasteiger partial charge in [0.25, 0.3) is 0 Å². The minimum atomic E-state index is -3.26. The van der Waals surface area contributed by atoms with E-state index in [1.54, 1.807) is 12.4 Å². The highest BCUT2D eigenvalue weighted by molar-refractivity contribution is 7.89. The summed E-state index contributed by atoms with van der Waals surface area (Å²) in [6.45, 7) is 0.528. The van der Waals surface area contributed by atoms with E-state index >= 15 is 0 Å². The third kappa shape index (κ3) is 4.56. The lowest BCUT2D eigenvalue weighted by molar-refractivity contribution is 0.578. The number of rotatable bonds is 6. The van der Waals surface area contributed by atoms with Gasteiger partial charge in [0.1, 0.15) is 0 Å². The molecule has 8 heteroatoms. The van der Waals surface area contributed by atoms with Gasteiger partial charge in [0.05, 0.1) is 12.3 Å². The van der Waals surface area contributed by atoms with E-state index in [-0.39, 0.29) is 17.2 Å². The van der Waals surface area contributed by atoms with Crippen LogP contribution in [0.3, 0.4) is 0 Å². The minimum absolute atomic E-state index is 0.0257. The van der Waals surface area contributed by atoms with Gasteiger partial charge in [-0.05, 0) is 7.05 Å². The summed E-state index contributed by atoms with van der Waals surface area (Å²) in [5.74, 6) is 0.0257. The van der Waals surface area contributed by atoms with E-state index in [0.29, 0.717) is 12.2 Å². The molecule has 0 bridgehead atoms. The highest BCUT2D eigenvalue weighted by Crippen LogP contribution is 1.96. The SMILES string of the molecule is CNCCS(=O)(=O)NCc1csc(=O)[nH]1. The van der Waals surface area contributed by atoms with Crippen molar-refractivity contribution in [1.82, 2.24) is 15.0 Å². The molecule has 0 saturated heterocycles. The number of hydrogen-bond acceptors (Lipinski definition) is 5. The summed E-state index contributed by atoms with van der Waals surface area (Å²) in [7, 11) is -1.58. The van der Waals surface area contributed by atoms with Gasteiger partial charge in [-0.1, -0.05) is 11.3 Å². The molecule has 86 valence electrons. The number of aromatic nitrogens is 1. The predicted molar refractivity (Wildman–Crippen MR) is 59.5 cm³/mol. The van der Waals surface area contributed by atoms with Crippen LogP contribution in [0.25, 0.3) is 0 Å². The van der Waals surface area contributed by atoms with Gasteiger partial charge in [-0.25, -0.2) is 13.1 Å². The second-order valence-corrected chi connectivity index (χ2v) is 5.69. The molecule has 0 unspecified atom stereocenters. The van der Waals surface area contributed by atoms with Crippen LogP contribution in [0.2, 0.25) is 0 Å². The van der Waals surface area contributed by atoms with Crippen molar-refractivity contribution in [2.45, 2.75) is 6.54 Å². The summed E-state index contributed by atoms with van der Waals surface area (Å²) in [4.78, 5) is 13.1. The van der Waals surface area contributed by atoms with Crippen molar-refractivity contribution < 1.29 is 8.42 Å². The molecule has 0 radical (unpaired) electrons. The fourth-order valence-electron chi connectivity index (χ4n) is 0.897. The maximum Gasteiger partial charge on any atom is 0.304 e. The van der Waals surface area contributed by atoms with Crippen LogP contribution in [0.1, 0.15) is 5.69 Å². The predicted octanol–water partition coefficient (Wildman–Crippen LogP) is -0.925. The molecular formula is C7H13N3O3S2. The van der Waals surface area contributed by atoms with Crippen LogP contribution in [0.15, 0.2) is 10.2 Å². The normalized spacial score (nSPS) is 11.8. The van der Waals surface area contributed by atoms with Crippen LogP contribution in [0, 0.1) is 0 Å². The first-order valence-corrected chi connectivity index (χ1v) is 6.85. The highest BCUT2D eigenvalue weighted by Gasteiger charge is 2.09. The zero-order valence-corrected chi connectivity index (χ0v) is 9.87. The molecule has 0 aliphatic heterocycles. The van der Waals surface area contributed by atoms with Gasteiger partial charge in [-0.3, -0.25) is 4.79 Å². The van der Waals surface area contributed by atoms with E-state index in [1.165, 1.54) is 0 Å². The highest BCUT2D eigenvalue weighted by atomic mass is 32.2. The Labute approximate surface area is 91.8 Å². The molecule has 1 aromatic heterocycles. The molecule has 0 atom stereocenters. The van der Waals surface area contributed by atoms with Crippen LogP contribution < -0.4 is 14.9 Å². The van der Waals surface area contributed by atoms with Gasteiger partial charge in [0.15, 0.2) is 0 Å². The van der Waals surface area contributed by atoms with Crippen LogP contribution in [0.4, 0.5) is 0 Å². The lowest BCUT2D eigenvalue weighted by Gasteiger charge is -2.04. The number of nitrogens with one attached hydrogen (secondary N) is 3. The van der Waals surface area contributed by atoms with Crippen LogP contribution in [-0.4, -0.2) is 32.7 Å². The molecule has 0 aliphatic carbocycles. The second kappa shape index (κ2) is 5.40. The molecule has 3 N–H and O–H groups in total. The third-order valence-electron chi connectivity index (χ3n) is 1.67. The van der Waals surface area contributed by atoms with Gasteiger partial charge in [-0.2, -0.15) is 0 Å². The van der Waals surface area contributed by atoms with Crippen molar-refractivity contribution in [2.75, 3.05) is 19.3 Å². The van der Waals surface area contributed by atoms with E-state index in [2.05, 4.69) is 15.0 Å². The zero-order valence-electron chi connectivity index (χ0n) is 8.24. The van der Waals surface area contributed by atoms with Crippen molar-refractivity contribution in [3.8, 4) is 0 Å². The van der Waals surface area contributed by atoms with Crippen molar-refractivity contribution in [1.29, 1.82) is 0 Å². The summed E-state index contributed by atoms with van der Waals surface area (Å²) in [6, 6.07) is 0. The summed E-state index contributed by atoms with van der Waals surface area (Å²) in [5, 5.41) is 4.35. The molecule has 0 aromatic carbocycles. The Morgan fingerprint density at radius 2 is 2.27 bits per heavy atom. The maximum absolute atomic E-state index is 11.3. The van der Waals surface area contributed by atoms with Gasteiger partial charge in [-0.15, -0.1) is 0 Å². The Bertz CT molecular complexity index is 448. The number of hydrogen-bond donors (Lipinski definition) is 3. The average molecular weight is 251 g/mol. The van der Waals surface area contributed by atoms with E-state index in [9.17, 15) is 13.2 Å². The quantitative estimate of drug-likeness (QED) is 0.609. The molecule has 0 amide bonds. The smallest absolute Gasteiger partial charge is 0.304 e. The van der Waals surface area contributed by atoms with Gasteiger partial charge in [0, 0.05) is 17.6 Å². The van der Waals surface area contributed by atoms with E-state index in [0.717, 1.165) is 11.3 Å². The summed E-state index contributed by atoms with van der Waals surface area (Å²) in [5.41, 5.74) is 0.582. The molecule has 6 nitrogen and oxygen atoms in total. The van der Waals surface area contributed by atoms with Gasteiger partial charge < -0.3 is 10.3 Å². The maximum atomic E-state index is 11.3. The average Bonchev–Trinajstić information content (AvgIpc) is 2.59. The van der Waals surface area contributed by atoms with Crippen molar-refractivity contribution >= 4 is 21.4 Å². The number of aromatic amines is 1. The summed E-state index contributed by atoms with van der Waals surface area (Å²) in [6.07, 6.45) is 0. The molecule has 1 aromatic rings. The molecule has 15 heavy (non-hydrogen) atoms. The molecule has 1 heterocycles. The van der Waals surface area contributed by atoms with Crippen molar-refractivity contribution in [3.63, 3.8) is 0 Å². The standard InChI is InChI=1S/C7H13N3O3S2/c1-8-2-3-15(12,13)9-4-6-5-14-7(11)10-6/h5,8-9H,2-4H2,1H3,(H,10,11). The molecular weight excluding hydrogens is 238 g/mol. The number of sulfonamides is 1. The molecule has 0 fully saturated rings. The Hall–Kier alpha value is -0.700. The number of thiazole rings is 1. The van der Waals surface area contributed by atoms with Gasteiger partial charge in [0.2, 0.25) is 10.0 Å². The van der Waals surface area contributed by atoms with Gasteiger partial charge >= 0.3 is 4.87 Å². The van der Waals surface area contributed by atoms with Crippen molar-refractivity contribution in [3.05, 3.63) is 20.7 Å². The van der Waals surface area contributed by atoms with E-state index in [1.807, 2.05) is 0 Å². The van der Waals surface area contributed by atoms with E-state index in [4.69, 9.17) is 0 Å². The lowest BCUT2D eigenvalue weighted by Crippen LogP contribution is -2.30. The number of H-pyrrole nitrogens is 1. The van der Waals surface area contributed by atoms with Crippen LogP contribution >= 0.6 is 11.3 Å². The Morgan fingerprint density at radius 3 is 2.80 bits per heavy atom. The monoisotopic (exact) mass is 251 g/mol. The van der Waals surface area contributed by atoms with Crippen LogP contribution in [-0.2, 0) is 16.6 Å². The first-order valence-electron chi connectivity index (χ1n) is 4.32. The first-order chi connectivity index (χ1) is 7.03. The molecule has 0 aliphatic rings. The fraction of sp³-hybridized carbons (Fsp3) is 0.571.